The minimum atomic E-state index is -0.195. The van der Waals surface area contributed by atoms with Crippen LogP contribution in [0.1, 0.15) is 17.0 Å². The predicted octanol–water partition coefficient (Wildman–Crippen LogP) is 1.07. The van der Waals surface area contributed by atoms with Gasteiger partial charge in [0.05, 0.1) is 20.3 Å². The lowest BCUT2D eigenvalue weighted by Crippen LogP contribution is -2.09. The Morgan fingerprint density at radius 3 is 2.36 bits per heavy atom. The molecule has 0 bridgehead atoms. The van der Waals surface area contributed by atoms with Crippen molar-refractivity contribution in [3.8, 4) is 5.75 Å². The molecule has 0 fully saturated rings. The second-order valence-electron chi connectivity index (χ2n) is 3.29. The van der Waals surface area contributed by atoms with Gasteiger partial charge in [-0.2, -0.15) is 0 Å². The number of aliphatic hydroxyl groups is 2. The van der Waals surface area contributed by atoms with Crippen molar-refractivity contribution < 1.29 is 14.9 Å². The van der Waals surface area contributed by atoms with Crippen LogP contribution in [-0.2, 0) is 0 Å². The maximum atomic E-state index is 9.01. The van der Waals surface area contributed by atoms with Gasteiger partial charge in [0.1, 0.15) is 5.75 Å². The molecule has 3 nitrogen and oxygen atoms in total. The van der Waals surface area contributed by atoms with E-state index < -0.39 is 0 Å². The van der Waals surface area contributed by atoms with Gasteiger partial charge in [-0.3, -0.25) is 0 Å². The smallest absolute Gasteiger partial charge is 0.121 e. The summed E-state index contributed by atoms with van der Waals surface area (Å²) < 4.78 is 5.12. The zero-order valence-corrected chi connectivity index (χ0v) is 8.53. The van der Waals surface area contributed by atoms with E-state index in [0.29, 0.717) is 0 Å². The van der Waals surface area contributed by atoms with Gasteiger partial charge in [-0.15, -0.1) is 0 Å². The summed E-state index contributed by atoms with van der Waals surface area (Å²) in [6.07, 6.45) is 0. The maximum Gasteiger partial charge on any atom is 0.121 e. The zero-order valence-electron chi connectivity index (χ0n) is 8.53. The van der Waals surface area contributed by atoms with Gasteiger partial charge in [0.25, 0.3) is 0 Å². The van der Waals surface area contributed by atoms with E-state index in [4.69, 9.17) is 14.9 Å². The number of methoxy groups -OCH3 is 1. The molecule has 0 atom stereocenters. The second-order valence-corrected chi connectivity index (χ2v) is 3.29. The predicted molar refractivity (Wildman–Crippen MR) is 54.6 cm³/mol. The number of aliphatic hydroxyl groups excluding tert-OH is 2. The quantitative estimate of drug-likeness (QED) is 0.757. The van der Waals surface area contributed by atoms with Crippen LogP contribution in [0.25, 0.3) is 0 Å². The van der Waals surface area contributed by atoms with Crippen molar-refractivity contribution in [3.63, 3.8) is 0 Å². The lowest BCUT2D eigenvalue weighted by molar-refractivity contribution is 0.192. The molecular formula is C11H16O3. The van der Waals surface area contributed by atoms with Crippen molar-refractivity contribution in [3.05, 3.63) is 29.3 Å². The number of ether oxygens (including phenoxy) is 1. The number of hydrogen-bond acceptors (Lipinski definition) is 3. The molecule has 0 amide bonds. The second kappa shape index (κ2) is 4.98. The van der Waals surface area contributed by atoms with Crippen LogP contribution in [0.4, 0.5) is 0 Å². The van der Waals surface area contributed by atoms with E-state index in [1.54, 1.807) is 7.11 Å². The molecule has 0 radical (unpaired) electrons. The number of benzene rings is 1. The third kappa shape index (κ3) is 2.25. The van der Waals surface area contributed by atoms with Crippen LogP contribution < -0.4 is 4.74 Å². The monoisotopic (exact) mass is 196 g/mol. The van der Waals surface area contributed by atoms with Crippen molar-refractivity contribution in [1.29, 1.82) is 0 Å². The molecule has 0 aliphatic carbocycles. The first-order valence-electron chi connectivity index (χ1n) is 4.59. The highest BCUT2D eigenvalue weighted by Gasteiger charge is 2.10. The SMILES string of the molecule is COc1ccc(C(CO)CO)cc1C. The van der Waals surface area contributed by atoms with Gasteiger partial charge in [0, 0.05) is 5.92 Å². The van der Waals surface area contributed by atoms with Crippen LogP contribution in [-0.4, -0.2) is 30.5 Å². The first-order valence-corrected chi connectivity index (χ1v) is 4.59. The third-order valence-electron chi connectivity index (χ3n) is 2.33. The zero-order chi connectivity index (χ0) is 10.6. The Bertz CT molecular complexity index is 293. The molecule has 0 spiro atoms. The highest BCUT2D eigenvalue weighted by atomic mass is 16.5. The van der Waals surface area contributed by atoms with Gasteiger partial charge < -0.3 is 14.9 Å². The molecule has 3 heteroatoms. The number of hydrogen-bond donors (Lipinski definition) is 2. The number of rotatable bonds is 4. The molecule has 78 valence electrons. The molecule has 14 heavy (non-hydrogen) atoms. The Balaban J connectivity index is 2.95. The molecule has 1 aromatic rings. The van der Waals surface area contributed by atoms with E-state index in [2.05, 4.69) is 0 Å². The first-order chi connectivity index (χ1) is 6.72. The molecule has 2 N–H and O–H groups in total. The average Bonchev–Trinajstić information content (AvgIpc) is 2.20. The van der Waals surface area contributed by atoms with Gasteiger partial charge in [-0.25, -0.2) is 0 Å². The van der Waals surface area contributed by atoms with E-state index in [-0.39, 0.29) is 19.1 Å². The first kappa shape index (κ1) is 11.0. The summed E-state index contributed by atoms with van der Waals surface area (Å²) in [7, 11) is 1.62. The van der Waals surface area contributed by atoms with E-state index in [1.165, 1.54) is 0 Å². The highest BCUT2D eigenvalue weighted by molar-refractivity contribution is 5.37. The molecule has 1 rings (SSSR count). The Hall–Kier alpha value is -1.06. The summed E-state index contributed by atoms with van der Waals surface area (Å²) in [6, 6.07) is 5.64. The molecule has 0 aliphatic heterocycles. The fourth-order valence-electron chi connectivity index (χ4n) is 1.42. The van der Waals surface area contributed by atoms with Crippen LogP contribution in [0.3, 0.4) is 0 Å². The minimum absolute atomic E-state index is 0.0394. The van der Waals surface area contributed by atoms with E-state index in [1.807, 2.05) is 25.1 Å². The van der Waals surface area contributed by atoms with Crippen molar-refractivity contribution >= 4 is 0 Å². The Labute approximate surface area is 84.0 Å². The summed E-state index contributed by atoms with van der Waals surface area (Å²) >= 11 is 0. The highest BCUT2D eigenvalue weighted by Crippen LogP contribution is 2.23. The summed E-state index contributed by atoms with van der Waals surface area (Å²) in [5.41, 5.74) is 1.95. The molecule has 0 unspecified atom stereocenters. The average molecular weight is 196 g/mol. The summed E-state index contributed by atoms with van der Waals surface area (Å²) in [6.45, 7) is 1.86. The van der Waals surface area contributed by atoms with Crippen molar-refractivity contribution in [2.45, 2.75) is 12.8 Å². The van der Waals surface area contributed by atoms with Crippen LogP contribution in [0.15, 0.2) is 18.2 Å². The Morgan fingerprint density at radius 2 is 1.93 bits per heavy atom. The third-order valence-corrected chi connectivity index (χ3v) is 2.33. The molecule has 1 aromatic carbocycles. The molecule has 0 aromatic heterocycles. The molecular weight excluding hydrogens is 180 g/mol. The minimum Gasteiger partial charge on any atom is -0.496 e. The van der Waals surface area contributed by atoms with Crippen LogP contribution in [0.2, 0.25) is 0 Å². The van der Waals surface area contributed by atoms with Crippen molar-refractivity contribution in [2.75, 3.05) is 20.3 Å². The van der Waals surface area contributed by atoms with Gasteiger partial charge >= 0.3 is 0 Å². The van der Waals surface area contributed by atoms with Gasteiger partial charge in [0.2, 0.25) is 0 Å². The van der Waals surface area contributed by atoms with Crippen molar-refractivity contribution in [2.24, 2.45) is 0 Å². The van der Waals surface area contributed by atoms with Crippen LogP contribution in [0.5, 0.6) is 5.75 Å². The summed E-state index contributed by atoms with van der Waals surface area (Å²) in [5.74, 6) is 0.628. The molecule has 0 heterocycles. The van der Waals surface area contributed by atoms with Gasteiger partial charge in [-0.05, 0) is 24.1 Å². The summed E-state index contributed by atoms with van der Waals surface area (Å²) in [5, 5.41) is 18.0. The van der Waals surface area contributed by atoms with Crippen LogP contribution >= 0.6 is 0 Å². The standard InChI is InChI=1S/C11H16O3/c1-8-5-9(10(6-12)7-13)3-4-11(8)14-2/h3-5,10,12-13H,6-7H2,1-2H3. The largest absolute Gasteiger partial charge is 0.496 e. The fraction of sp³-hybridized carbons (Fsp3) is 0.455. The summed E-state index contributed by atoms with van der Waals surface area (Å²) in [4.78, 5) is 0. The van der Waals surface area contributed by atoms with Gasteiger partial charge in [0.15, 0.2) is 0 Å². The van der Waals surface area contributed by atoms with Crippen molar-refractivity contribution in [1.82, 2.24) is 0 Å². The van der Waals surface area contributed by atoms with Crippen LogP contribution in [0, 0.1) is 6.92 Å². The van der Waals surface area contributed by atoms with E-state index >= 15 is 0 Å². The fourth-order valence-corrected chi connectivity index (χ4v) is 1.42. The molecule has 0 saturated heterocycles. The lowest BCUT2D eigenvalue weighted by atomic mass is 9.99. The Kier molecular flexibility index (Phi) is 3.92. The van der Waals surface area contributed by atoms with E-state index in [0.717, 1.165) is 16.9 Å². The Morgan fingerprint density at radius 1 is 1.29 bits per heavy atom. The number of aryl methyl sites for hydroxylation is 1. The maximum absolute atomic E-state index is 9.01. The topological polar surface area (TPSA) is 49.7 Å². The normalized spacial score (nSPS) is 10.6. The van der Waals surface area contributed by atoms with Gasteiger partial charge in [-0.1, -0.05) is 12.1 Å². The van der Waals surface area contributed by atoms with E-state index in [9.17, 15) is 0 Å². The molecule has 0 saturated carbocycles. The molecule has 0 aliphatic rings. The lowest BCUT2D eigenvalue weighted by Gasteiger charge is -2.13.